The zero-order chi connectivity index (χ0) is 13.2. The Hall–Kier alpha value is -1.74. The molecule has 2 nitrogen and oxygen atoms in total. The van der Waals surface area contributed by atoms with Crippen molar-refractivity contribution in [2.24, 2.45) is 0 Å². The molecule has 0 unspecified atom stereocenters. The average Bonchev–Trinajstić information content (AvgIpc) is 2.46. The van der Waals surface area contributed by atoms with Gasteiger partial charge in [-0.25, -0.2) is 9.97 Å². The third-order valence-corrected chi connectivity index (χ3v) is 3.84. The van der Waals surface area contributed by atoms with Crippen LogP contribution < -0.4 is 0 Å². The van der Waals surface area contributed by atoms with Gasteiger partial charge in [0.2, 0.25) is 0 Å². The molecule has 0 N–H and O–H groups in total. The zero-order valence-corrected chi connectivity index (χ0v) is 12.2. The molecular weight excluding hydrogens is 300 g/mol. The van der Waals surface area contributed by atoms with E-state index in [9.17, 15) is 0 Å². The second-order valence-corrected chi connectivity index (χ2v) is 5.06. The van der Waals surface area contributed by atoms with E-state index in [1.165, 1.54) is 10.8 Å². The quantitative estimate of drug-likeness (QED) is 0.651. The number of aromatic nitrogens is 2. The first-order chi connectivity index (χ1) is 9.28. The summed E-state index contributed by atoms with van der Waals surface area (Å²) in [4.78, 5) is 9.03. The van der Waals surface area contributed by atoms with Gasteiger partial charge in [0.25, 0.3) is 0 Å². The lowest BCUT2D eigenvalue weighted by atomic mass is 10.1. The molecule has 1 heterocycles. The minimum atomic E-state index is 0.785. The van der Waals surface area contributed by atoms with E-state index in [-0.39, 0.29) is 0 Å². The number of hydrogen-bond acceptors (Lipinski definition) is 2. The van der Waals surface area contributed by atoms with Gasteiger partial charge < -0.3 is 0 Å². The first kappa shape index (κ1) is 12.3. The summed E-state index contributed by atoms with van der Waals surface area (Å²) < 4.78 is 0. The van der Waals surface area contributed by atoms with Gasteiger partial charge in [0.15, 0.2) is 5.82 Å². The minimum absolute atomic E-state index is 0.785. The van der Waals surface area contributed by atoms with Crippen LogP contribution in [0.25, 0.3) is 22.2 Å². The van der Waals surface area contributed by atoms with Crippen LogP contribution in [0.2, 0.25) is 0 Å². The van der Waals surface area contributed by atoms with Crippen molar-refractivity contribution < 1.29 is 0 Å². The van der Waals surface area contributed by atoms with E-state index in [1.54, 1.807) is 0 Å². The number of hydrogen-bond donors (Lipinski definition) is 0. The van der Waals surface area contributed by atoms with Crippen molar-refractivity contribution in [1.29, 1.82) is 0 Å². The third-order valence-electron chi connectivity index (χ3n) is 3.23. The molecule has 3 heteroatoms. The van der Waals surface area contributed by atoms with Crippen molar-refractivity contribution in [3.05, 3.63) is 59.9 Å². The van der Waals surface area contributed by atoms with Gasteiger partial charge in [-0.05, 0) is 23.8 Å². The Morgan fingerprint density at radius 1 is 1.05 bits per heavy atom. The Morgan fingerprint density at radius 2 is 1.84 bits per heavy atom. The maximum absolute atomic E-state index is 4.58. The Labute approximate surface area is 120 Å². The minimum Gasteiger partial charge on any atom is -0.236 e. The summed E-state index contributed by atoms with van der Waals surface area (Å²) in [6.45, 7) is 2.02. The number of aryl methyl sites for hydroxylation is 1. The van der Waals surface area contributed by atoms with E-state index in [4.69, 9.17) is 0 Å². The molecule has 0 aliphatic carbocycles. The monoisotopic (exact) mass is 312 g/mol. The van der Waals surface area contributed by atoms with E-state index >= 15 is 0 Å². The van der Waals surface area contributed by atoms with E-state index in [0.29, 0.717) is 0 Å². The molecule has 94 valence electrons. The molecule has 3 aromatic rings. The van der Waals surface area contributed by atoms with Gasteiger partial charge in [0, 0.05) is 28.3 Å². The van der Waals surface area contributed by atoms with Crippen LogP contribution in [-0.4, -0.2) is 9.97 Å². The second-order valence-electron chi connectivity index (χ2n) is 4.50. The van der Waals surface area contributed by atoms with E-state index < -0.39 is 0 Å². The van der Waals surface area contributed by atoms with Crippen molar-refractivity contribution in [2.45, 2.75) is 12.3 Å². The molecule has 0 aliphatic rings. The fraction of sp³-hybridized carbons (Fsp3) is 0.125. The predicted molar refractivity (Wildman–Crippen MR) is 82.3 cm³/mol. The van der Waals surface area contributed by atoms with Gasteiger partial charge in [-0.2, -0.15) is 0 Å². The molecule has 0 bridgehead atoms. The molecule has 0 fully saturated rings. The van der Waals surface area contributed by atoms with Gasteiger partial charge in [0.1, 0.15) is 0 Å². The topological polar surface area (TPSA) is 25.8 Å². The van der Waals surface area contributed by atoms with Crippen LogP contribution in [-0.2, 0) is 5.33 Å². The van der Waals surface area contributed by atoms with Crippen LogP contribution in [0.15, 0.2) is 48.7 Å². The largest absolute Gasteiger partial charge is 0.236 e. The molecule has 0 saturated carbocycles. The molecular formula is C16H13BrN2. The standard InChI is InChI=1S/C16H13BrN2/c1-11-15(9-17)10-18-16(19-11)14-7-6-12-4-2-3-5-13(12)8-14/h2-8,10H,9H2,1H3. The summed E-state index contributed by atoms with van der Waals surface area (Å²) in [6, 6.07) is 14.6. The molecule has 1 aromatic heterocycles. The van der Waals surface area contributed by atoms with Crippen LogP contribution >= 0.6 is 15.9 Å². The number of rotatable bonds is 2. The number of benzene rings is 2. The Morgan fingerprint density at radius 3 is 2.58 bits per heavy atom. The summed E-state index contributed by atoms with van der Waals surface area (Å²) in [5.41, 5.74) is 3.21. The molecule has 0 aliphatic heterocycles. The molecule has 0 spiro atoms. The van der Waals surface area contributed by atoms with Crippen molar-refractivity contribution in [2.75, 3.05) is 0 Å². The molecule has 0 saturated heterocycles. The first-order valence-corrected chi connectivity index (χ1v) is 7.28. The highest BCUT2D eigenvalue weighted by Gasteiger charge is 2.05. The molecule has 19 heavy (non-hydrogen) atoms. The lowest BCUT2D eigenvalue weighted by Gasteiger charge is -2.06. The van der Waals surface area contributed by atoms with Gasteiger partial charge in [-0.1, -0.05) is 52.3 Å². The Bertz CT molecular complexity index is 738. The highest BCUT2D eigenvalue weighted by Crippen LogP contribution is 2.22. The van der Waals surface area contributed by atoms with Gasteiger partial charge in [-0.15, -0.1) is 0 Å². The number of halogens is 1. The SMILES string of the molecule is Cc1nc(-c2ccc3ccccc3c2)ncc1CBr. The molecule has 2 aromatic carbocycles. The van der Waals surface area contributed by atoms with Crippen LogP contribution in [0.3, 0.4) is 0 Å². The van der Waals surface area contributed by atoms with E-state index in [0.717, 1.165) is 28.0 Å². The summed E-state index contributed by atoms with van der Waals surface area (Å²) in [7, 11) is 0. The fourth-order valence-electron chi connectivity index (χ4n) is 2.09. The lowest BCUT2D eigenvalue weighted by Crippen LogP contribution is -1.96. The molecule has 3 rings (SSSR count). The normalized spacial score (nSPS) is 10.8. The van der Waals surface area contributed by atoms with Crippen LogP contribution in [0.1, 0.15) is 11.3 Å². The summed E-state index contributed by atoms with van der Waals surface area (Å²) in [6.07, 6.45) is 1.89. The van der Waals surface area contributed by atoms with Gasteiger partial charge in [-0.3, -0.25) is 0 Å². The van der Waals surface area contributed by atoms with Gasteiger partial charge in [0.05, 0.1) is 0 Å². The number of fused-ring (bicyclic) bond motifs is 1. The van der Waals surface area contributed by atoms with E-state index in [2.05, 4.69) is 56.2 Å². The van der Waals surface area contributed by atoms with Crippen LogP contribution in [0.5, 0.6) is 0 Å². The van der Waals surface area contributed by atoms with Crippen LogP contribution in [0, 0.1) is 6.92 Å². The van der Waals surface area contributed by atoms with Gasteiger partial charge >= 0.3 is 0 Å². The zero-order valence-electron chi connectivity index (χ0n) is 10.6. The highest BCUT2D eigenvalue weighted by molar-refractivity contribution is 9.08. The first-order valence-electron chi connectivity index (χ1n) is 6.15. The molecule has 0 amide bonds. The maximum atomic E-state index is 4.58. The Kier molecular flexibility index (Phi) is 3.30. The average molecular weight is 313 g/mol. The fourth-order valence-corrected chi connectivity index (χ4v) is 2.64. The summed E-state index contributed by atoms with van der Waals surface area (Å²) >= 11 is 3.44. The Balaban J connectivity index is 2.11. The van der Waals surface area contributed by atoms with Crippen molar-refractivity contribution >= 4 is 26.7 Å². The molecule has 0 atom stereocenters. The third kappa shape index (κ3) is 2.38. The smallest absolute Gasteiger partial charge is 0.159 e. The van der Waals surface area contributed by atoms with E-state index in [1.807, 2.05) is 25.3 Å². The lowest BCUT2D eigenvalue weighted by molar-refractivity contribution is 1.07. The summed E-state index contributed by atoms with van der Waals surface area (Å²) in [5.74, 6) is 0.785. The summed E-state index contributed by atoms with van der Waals surface area (Å²) in [5, 5.41) is 3.24. The van der Waals surface area contributed by atoms with Crippen molar-refractivity contribution in [3.8, 4) is 11.4 Å². The van der Waals surface area contributed by atoms with Crippen molar-refractivity contribution in [3.63, 3.8) is 0 Å². The molecule has 0 radical (unpaired) electrons. The van der Waals surface area contributed by atoms with Crippen molar-refractivity contribution in [1.82, 2.24) is 9.97 Å². The number of alkyl halides is 1. The maximum Gasteiger partial charge on any atom is 0.159 e. The highest BCUT2D eigenvalue weighted by atomic mass is 79.9. The van der Waals surface area contributed by atoms with Crippen LogP contribution in [0.4, 0.5) is 0 Å². The predicted octanol–water partition coefficient (Wildman–Crippen LogP) is 4.50. The number of nitrogens with zero attached hydrogens (tertiary/aromatic N) is 2. The second kappa shape index (κ2) is 5.10.